The van der Waals surface area contributed by atoms with Gasteiger partial charge in [0.2, 0.25) is 5.89 Å². The van der Waals surface area contributed by atoms with Gasteiger partial charge in [0, 0.05) is 31.0 Å². The van der Waals surface area contributed by atoms with Gasteiger partial charge in [-0.3, -0.25) is 9.88 Å². The van der Waals surface area contributed by atoms with Crippen LogP contribution in [0.15, 0.2) is 47.3 Å². The normalized spacial score (nSPS) is 17.3. The molecule has 0 unspecified atom stereocenters. The molecule has 0 amide bonds. The fourth-order valence-corrected chi connectivity index (χ4v) is 3.32. The molecular formula is C20H23N5O2. The van der Waals surface area contributed by atoms with Crippen molar-refractivity contribution in [1.29, 1.82) is 0 Å². The molecule has 1 atom stereocenters. The van der Waals surface area contributed by atoms with Crippen molar-refractivity contribution in [3.8, 4) is 17.3 Å². The number of likely N-dealkylation sites (tertiary alicyclic amines) is 1. The fourth-order valence-electron chi connectivity index (χ4n) is 3.32. The van der Waals surface area contributed by atoms with Gasteiger partial charge in [-0.1, -0.05) is 25.1 Å². The lowest BCUT2D eigenvalue weighted by Crippen LogP contribution is -2.20. The Morgan fingerprint density at radius 1 is 1.22 bits per heavy atom. The monoisotopic (exact) mass is 365 g/mol. The molecule has 0 spiro atoms. The molecule has 1 aliphatic rings. The molecule has 1 aliphatic heterocycles. The van der Waals surface area contributed by atoms with E-state index in [1.165, 1.54) is 5.56 Å². The van der Waals surface area contributed by atoms with Crippen LogP contribution in [0.5, 0.6) is 5.75 Å². The number of hydrogen-bond donors (Lipinski definition) is 0. The van der Waals surface area contributed by atoms with Crippen molar-refractivity contribution in [1.82, 2.24) is 25.1 Å². The van der Waals surface area contributed by atoms with E-state index in [0.29, 0.717) is 17.5 Å². The first-order valence-electron chi connectivity index (χ1n) is 9.36. The van der Waals surface area contributed by atoms with E-state index in [4.69, 9.17) is 9.15 Å². The smallest absolute Gasteiger partial charge is 0.267 e. The van der Waals surface area contributed by atoms with Gasteiger partial charge in [0.25, 0.3) is 5.89 Å². The number of para-hydroxylation sites is 1. The standard InChI is InChI=1S/C20H23N5O2/c1-2-11-26-18-6-4-3-5-15(18)13-25-10-7-16(14-25)19-23-24-20(27-19)17-12-21-8-9-22-17/h3-6,8-9,12,16H,2,7,10-11,13-14H2,1H3/t16-/m0/s1. The summed E-state index contributed by atoms with van der Waals surface area (Å²) in [4.78, 5) is 10.7. The maximum absolute atomic E-state index is 5.88. The molecule has 0 aliphatic carbocycles. The molecule has 3 aromatic rings. The number of nitrogens with zero attached hydrogens (tertiary/aromatic N) is 5. The van der Waals surface area contributed by atoms with E-state index in [1.54, 1.807) is 18.6 Å². The zero-order valence-electron chi connectivity index (χ0n) is 15.4. The van der Waals surface area contributed by atoms with Gasteiger partial charge in [-0.2, -0.15) is 0 Å². The molecule has 3 heterocycles. The Morgan fingerprint density at radius 3 is 3.00 bits per heavy atom. The Kier molecular flexibility index (Phi) is 5.39. The second kappa shape index (κ2) is 8.26. The van der Waals surface area contributed by atoms with E-state index in [0.717, 1.165) is 44.8 Å². The van der Waals surface area contributed by atoms with Gasteiger partial charge >= 0.3 is 0 Å². The lowest BCUT2D eigenvalue weighted by atomic mass is 10.1. The Hall–Kier alpha value is -2.80. The minimum atomic E-state index is 0.242. The summed E-state index contributed by atoms with van der Waals surface area (Å²) in [6.45, 7) is 5.61. The molecule has 2 aromatic heterocycles. The number of hydrogen-bond acceptors (Lipinski definition) is 7. The van der Waals surface area contributed by atoms with Crippen LogP contribution >= 0.6 is 0 Å². The van der Waals surface area contributed by atoms with Gasteiger partial charge in [0.15, 0.2) is 0 Å². The average Bonchev–Trinajstić information content (AvgIpc) is 3.37. The SMILES string of the molecule is CCCOc1ccccc1CN1CC[C@H](c2nnc(-c3cnccn3)o2)C1. The second-order valence-electron chi connectivity index (χ2n) is 6.71. The van der Waals surface area contributed by atoms with Crippen molar-refractivity contribution < 1.29 is 9.15 Å². The minimum absolute atomic E-state index is 0.242. The first kappa shape index (κ1) is 17.6. The van der Waals surface area contributed by atoms with Crippen LogP contribution in [0.2, 0.25) is 0 Å². The van der Waals surface area contributed by atoms with Crippen LogP contribution in [0.1, 0.15) is 37.1 Å². The van der Waals surface area contributed by atoms with Gasteiger partial charge < -0.3 is 9.15 Å². The highest BCUT2D eigenvalue weighted by atomic mass is 16.5. The predicted molar refractivity (Wildman–Crippen MR) is 100 cm³/mol. The molecule has 4 rings (SSSR count). The van der Waals surface area contributed by atoms with E-state index >= 15 is 0 Å². The molecule has 7 heteroatoms. The predicted octanol–water partition coefficient (Wildman–Crippen LogP) is 3.30. The van der Waals surface area contributed by atoms with E-state index < -0.39 is 0 Å². The maximum Gasteiger partial charge on any atom is 0.267 e. The van der Waals surface area contributed by atoms with Crippen molar-refractivity contribution in [3.05, 3.63) is 54.3 Å². The molecule has 0 radical (unpaired) electrons. The Bertz CT molecular complexity index is 868. The van der Waals surface area contributed by atoms with Crippen molar-refractivity contribution >= 4 is 0 Å². The van der Waals surface area contributed by atoms with E-state index in [-0.39, 0.29) is 5.92 Å². The van der Waals surface area contributed by atoms with Crippen molar-refractivity contribution in [2.75, 3.05) is 19.7 Å². The summed E-state index contributed by atoms with van der Waals surface area (Å²) in [6.07, 6.45) is 6.88. The van der Waals surface area contributed by atoms with Crippen LogP contribution in [-0.4, -0.2) is 44.8 Å². The molecule has 1 saturated heterocycles. The molecule has 1 aromatic carbocycles. The molecule has 0 bridgehead atoms. The van der Waals surface area contributed by atoms with Crippen LogP contribution in [0.25, 0.3) is 11.6 Å². The van der Waals surface area contributed by atoms with E-state index in [9.17, 15) is 0 Å². The average molecular weight is 365 g/mol. The van der Waals surface area contributed by atoms with Gasteiger partial charge in [0.1, 0.15) is 11.4 Å². The summed E-state index contributed by atoms with van der Waals surface area (Å²) in [5, 5.41) is 8.37. The lowest BCUT2D eigenvalue weighted by Gasteiger charge is -2.18. The third kappa shape index (κ3) is 4.14. The first-order valence-corrected chi connectivity index (χ1v) is 9.36. The molecule has 140 valence electrons. The third-order valence-corrected chi connectivity index (χ3v) is 4.67. The summed E-state index contributed by atoms with van der Waals surface area (Å²) < 4.78 is 11.7. The summed E-state index contributed by atoms with van der Waals surface area (Å²) in [6, 6.07) is 8.27. The highest BCUT2D eigenvalue weighted by molar-refractivity contribution is 5.43. The Morgan fingerprint density at radius 2 is 2.15 bits per heavy atom. The molecule has 7 nitrogen and oxygen atoms in total. The van der Waals surface area contributed by atoms with Gasteiger partial charge in [0.05, 0.1) is 18.7 Å². The summed E-state index contributed by atoms with van der Waals surface area (Å²) >= 11 is 0. The lowest BCUT2D eigenvalue weighted by molar-refractivity contribution is 0.290. The molecular weight excluding hydrogens is 342 g/mol. The number of benzene rings is 1. The number of ether oxygens (including phenoxy) is 1. The fraction of sp³-hybridized carbons (Fsp3) is 0.400. The first-order chi connectivity index (χ1) is 13.3. The Balaban J connectivity index is 1.40. The zero-order valence-corrected chi connectivity index (χ0v) is 15.4. The van der Waals surface area contributed by atoms with Gasteiger partial charge in [-0.05, 0) is 25.5 Å². The van der Waals surface area contributed by atoms with Crippen molar-refractivity contribution in [2.24, 2.45) is 0 Å². The van der Waals surface area contributed by atoms with E-state index in [2.05, 4.69) is 44.1 Å². The quantitative estimate of drug-likeness (QED) is 0.636. The summed E-state index contributed by atoms with van der Waals surface area (Å²) in [5.74, 6) is 2.32. The third-order valence-electron chi connectivity index (χ3n) is 4.67. The molecule has 27 heavy (non-hydrogen) atoms. The van der Waals surface area contributed by atoms with E-state index in [1.807, 2.05) is 12.1 Å². The van der Waals surface area contributed by atoms with Crippen molar-refractivity contribution in [3.63, 3.8) is 0 Å². The Labute approximate surface area is 158 Å². The van der Waals surface area contributed by atoms with Gasteiger partial charge in [-0.25, -0.2) is 4.98 Å². The molecule has 0 N–H and O–H groups in total. The number of aromatic nitrogens is 4. The van der Waals surface area contributed by atoms with Crippen LogP contribution in [-0.2, 0) is 6.54 Å². The van der Waals surface area contributed by atoms with Crippen LogP contribution in [0.3, 0.4) is 0 Å². The topological polar surface area (TPSA) is 77.2 Å². The second-order valence-corrected chi connectivity index (χ2v) is 6.71. The maximum atomic E-state index is 5.88. The largest absolute Gasteiger partial charge is 0.493 e. The van der Waals surface area contributed by atoms with Crippen LogP contribution in [0.4, 0.5) is 0 Å². The summed E-state index contributed by atoms with van der Waals surface area (Å²) in [7, 11) is 0. The zero-order chi connectivity index (χ0) is 18.5. The highest BCUT2D eigenvalue weighted by Gasteiger charge is 2.29. The molecule has 1 fully saturated rings. The van der Waals surface area contributed by atoms with Gasteiger partial charge in [-0.15, -0.1) is 10.2 Å². The highest BCUT2D eigenvalue weighted by Crippen LogP contribution is 2.30. The molecule has 0 saturated carbocycles. The van der Waals surface area contributed by atoms with Crippen LogP contribution in [0, 0.1) is 0 Å². The van der Waals surface area contributed by atoms with Crippen LogP contribution < -0.4 is 4.74 Å². The van der Waals surface area contributed by atoms with Crippen molar-refractivity contribution in [2.45, 2.75) is 32.2 Å². The minimum Gasteiger partial charge on any atom is -0.493 e. The summed E-state index contributed by atoms with van der Waals surface area (Å²) in [5.41, 5.74) is 1.82. The number of rotatable bonds is 7.